The molecular formula is C24H31N3O4. The maximum Gasteiger partial charge on any atom is 0.334 e. The van der Waals surface area contributed by atoms with E-state index in [0.717, 1.165) is 31.2 Å². The number of hydroxylamine groups is 1. The van der Waals surface area contributed by atoms with Gasteiger partial charge in [-0.05, 0) is 42.4 Å². The first kappa shape index (κ1) is 24.1. The lowest BCUT2D eigenvalue weighted by Gasteiger charge is -2.07. The predicted molar refractivity (Wildman–Crippen MR) is 119 cm³/mol. The van der Waals surface area contributed by atoms with E-state index >= 15 is 0 Å². The van der Waals surface area contributed by atoms with Crippen molar-refractivity contribution in [1.82, 2.24) is 10.8 Å². The smallest absolute Gasteiger partial charge is 0.334 e. The quantitative estimate of drug-likeness (QED) is 0.357. The maximum absolute atomic E-state index is 11.9. The second-order valence-electron chi connectivity index (χ2n) is 7.32. The van der Waals surface area contributed by atoms with Crippen LogP contribution >= 0.6 is 0 Å². The van der Waals surface area contributed by atoms with Crippen LogP contribution in [0.4, 0.5) is 0 Å². The first-order chi connectivity index (χ1) is 15.1. The van der Waals surface area contributed by atoms with Crippen LogP contribution in [-0.4, -0.2) is 30.9 Å². The fourth-order valence-corrected chi connectivity index (χ4v) is 3.04. The van der Waals surface area contributed by atoms with Gasteiger partial charge in [-0.2, -0.15) is 5.48 Å². The number of hydrogen-bond donors (Lipinski definition) is 3. The normalized spacial score (nSPS) is 10.4. The lowest BCUT2D eigenvalue weighted by molar-refractivity contribution is -0.158. The van der Waals surface area contributed by atoms with Crippen LogP contribution in [0.3, 0.4) is 0 Å². The minimum Gasteiger partial charge on any atom is -0.355 e. The third kappa shape index (κ3) is 10.4. The number of nitrogens with two attached hydrogens (primary N) is 1. The van der Waals surface area contributed by atoms with Crippen molar-refractivity contribution in [3.8, 4) is 0 Å². The molecule has 4 N–H and O–H groups in total. The Kier molecular flexibility index (Phi) is 10.8. The Morgan fingerprint density at radius 1 is 0.774 bits per heavy atom. The molecule has 2 aromatic rings. The molecule has 0 radical (unpaired) electrons. The first-order valence-electron chi connectivity index (χ1n) is 10.6. The van der Waals surface area contributed by atoms with E-state index in [2.05, 4.69) is 35.1 Å². The standard InChI is InChI=1S/C24H31N3O4/c25-16-14-22(28)26-17-15-24(30)31-27-23(29)18-21-12-10-20(11-13-21)9-5-4-8-19-6-2-1-3-7-19/h1-3,6-7,10-13H,4-5,8-9,14-18,25H2,(H,26,28)(H,27,29). The van der Waals surface area contributed by atoms with E-state index in [1.54, 1.807) is 0 Å². The largest absolute Gasteiger partial charge is 0.355 e. The van der Waals surface area contributed by atoms with Crippen LogP contribution in [-0.2, 0) is 38.5 Å². The molecule has 0 unspecified atom stereocenters. The number of aryl methyl sites for hydroxylation is 2. The second kappa shape index (κ2) is 13.9. The predicted octanol–water partition coefficient (Wildman–Crippen LogP) is 2.22. The van der Waals surface area contributed by atoms with Crippen molar-refractivity contribution >= 4 is 17.8 Å². The summed E-state index contributed by atoms with van der Waals surface area (Å²) in [5.41, 5.74) is 10.8. The van der Waals surface area contributed by atoms with Crippen LogP contribution in [0.5, 0.6) is 0 Å². The minimum absolute atomic E-state index is 0.0322. The van der Waals surface area contributed by atoms with Crippen LogP contribution in [0, 0.1) is 0 Å². The Morgan fingerprint density at radius 3 is 2.03 bits per heavy atom. The van der Waals surface area contributed by atoms with Gasteiger partial charge >= 0.3 is 5.97 Å². The van der Waals surface area contributed by atoms with Gasteiger partial charge in [-0.3, -0.25) is 9.59 Å². The summed E-state index contributed by atoms with van der Waals surface area (Å²) in [4.78, 5) is 39.5. The van der Waals surface area contributed by atoms with Crippen LogP contribution < -0.4 is 16.5 Å². The fraction of sp³-hybridized carbons (Fsp3) is 0.375. The van der Waals surface area contributed by atoms with Crippen molar-refractivity contribution < 1.29 is 19.2 Å². The van der Waals surface area contributed by atoms with Crippen LogP contribution in [0.25, 0.3) is 0 Å². The summed E-state index contributed by atoms with van der Waals surface area (Å²) in [6, 6.07) is 18.4. The molecule has 0 bridgehead atoms. The molecule has 0 aliphatic rings. The molecule has 7 nitrogen and oxygen atoms in total. The summed E-state index contributed by atoms with van der Waals surface area (Å²) in [7, 11) is 0. The summed E-state index contributed by atoms with van der Waals surface area (Å²) in [6.45, 7) is 0.391. The number of benzene rings is 2. The Morgan fingerprint density at radius 2 is 1.39 bits per heavy atom. The summed E-state index contributed by atoms with van der Waals surface area (Å²) < 4.78 is 0. The SMILES string of the molecule is NCCC(=O)NCCC(=O)ONC(=O)Cc1ccc(CCCCc2ccccc2)cc1. The number of unbranched alkanes of at least 4 members (excludes halogenated alkanes) is 1. The van der Waals surface area contributed by atoms with Crippen molar-refractivity contribution in [3.63, 3.8) is 0 Å². The number of hydrogen-bond acceptors (Lipinski definition) is 5. The lowest BCUT2D eigenvalue weighted by Crippen LogP contribution is -2.31. The van der Waals surface area contributed by atoms with E-state index in [0.29, 0.717) is 0 Å². The fourth-order valence-electron chi connectivity index (χ4n) is 3.04. The van der Waals surface area contributed by atoms with Gasteiger partial charge in [0.15, 0.2) is 0 Å². The molecule has 2 amide bonds. The molecule has 2 aromatic carbocycles. The Bertz CT molecular complexity index is 822. The summed E-state index contributed by atoms with van der Waals surface area (Å²) in [6.07, 6.45) is 4.62. The van der Waals surface area contributed by atoms with Gasteiger partial charge in [0.2, 0.25) is 5.91 Å². The molecule has 31 heavy (non-hydrogen) atoms. The van der Waals surface area contributed by atoms with Gasteiger partial charge in [0.1, 0.15) is 0 Å². The zero-order valence-corrected chi connectivity index (χ0v) is 17.8. The van der Waals surface area contributed by atoms with E-state index in [-0.39, 0.29) is 38.3 Å². The first-order valence-corrected chi connectivity index (χ1v) is 10.6. The number of rotatable bonds is 12. The highest BCUT2D eigenvalue weighted by molar-refractivity contribution is 5.80. The molecule has 0 fully saturated rings. The zero-order chi connectivity index (χ0) is 22.3. The molecular weight excluding hydrogens is 394 g/mol. The number of amides is 2. The van der Waals surface area contributed by atoms with E-state index < -0.39 is 11.9 Å². The zero-order valence-electron chi connectivity index (χ0n) is 17.8. The molecule has 2 rings (SSSR count). The van der Waals surface area contributed by atoms with E-state index in [9.17, 15) is 14.4 Å². The molecule has 0 aliphatic heterocycles. The third-order valence-corrected chi connectivity index (χ3v) is 4.71. The highest BCUT2D eigenvalue weighted by Gasteiger charge is 2.09. The molecule has 0 saturated carbocycles. The molecule has 0 heterocycles. The minimum atomic E-state index is -0.618. The van der Waals surface area contributed by atoms with Crippen molar-refractivity contribution in [1.29, 1.82) is 0 Å². The molecule has 7 heteroatoms. The van der Waals surface area contributed by atoms with Gasteiger partial charge in [0.05, 0.1) is 12.8 Å². The van der Waals surface area contributed by atoms with Gasteiger partial charge in [-0.25, -0.2) is 4.79 Å². The van der Waals surface area contributed by atoms with Gasteiger partial charge < -0.3 is 15.9 Å². The van der Waals surface area contributed by atoms with Crippen molar-refractivity contribution in [2.45, 2.75) is 44.9 Å². The van der Waals surface area contributed by atoms with E-state index in [1.807, 2.05) is 30.3 Å². The summed E-state index contributed by atoms with van der Waals surface area (Å²) in [5.74, 6) is -1.25. The number of carbonyl (C=O) groups is 3. The van der Waals surface area contributed by atoms with Crippen molar-refractivity contribution in [2.24, 2.45) is 5.73 Å². The van der Waals surface area contributed by atoms with Crippen molar-refractivity contribution in [3.05, 3.63) is 71.3 Å². The molecule has 0 aromatic heterocycles. The monoisotopic (exact) mass is 425 g/mol. The summed E-state index contributed by atoms with van der Waals surface area (Å²) in [5, 5.41) is 2.54. The Labute approximate surface area is 183 Å². The van der Waals surface area contributed by atoms with Crippen LogP contribution in [0.15, 0.2) is 54.6 Å². The highest BCUT2D eigenvalue weighted by Crippen LogP contribution is 2.11. The highest BCUT2D eigenvalue weighted by atomic mass is 16.7. The molecule has 0 saturated heterocycles. The van der Waals surface area contributed by atoms with Crippen LogP contribution in [0.2, 0.25) is 0 Å². The third-order valence-electron chi connectivity index (χ3n) is 4.71. The lowest BCUT2D eigenvalue weighted by atomic mass is 10.0. The second-order valence-corrected chi connectivity index (χ2v) is 7.32. The Hall–Kier alpha value is -3.19. The van der Waals surface area contributed by atoms with E-state index in [1.165, 1.54) is 11.1 Å². The molecule has 0 spiro atoms. The maximum atomic E-state index is 11.9. The Balaban J connectivity index is 1.60. The van der Waals surface area contributed by atoms with Gasteiger partial charge in [-0.1, -0.05) is 54.6 Å². The number of nitrogens with one attached hydrogen (secondary N) is 2. The number of carbonyl (C=O) groups excluding carboxylic acids is 3. The van der Waals surface area contributed by atoms with Gasteiger partial charge in [0.25, 0.3) is 5.91 Å². The topological polar surface area (TPSA) is 111 Å². The average Bonchev–Trinajstić information content (AvgIpc) is 2.77. The van der Waals surface area contributed by atoms with Crippen LogP contribution in [0.1, 0.15) is 42.4 Å². The van der Waals surface area contributed by atoms with Gasteiger partial charge in [-0.15, -0.1) is 0 Å². The van der Waals surface area contributed by atoms with Crippen molar-refractivity contribution in [2.75, 3.05) is 13.1 Å². The van der Waals surface area contributed by atoms with Gasteiger partial charge in [0, 0.05) is 19.5 Å². The summed E-state index contributed by atoms with van der Waals surface area (Å²) >= 11 is 0. The molecule has 0 aliphatic carbocycles. The van der Waals surface area contributed by atoms with E-state index in [4.69, 9.17) is 10.6 Å². The molecule has 0 atom stereocenters. The average molecular weight is 426 g/mol. The molecule has 166 valence electrons.